The fourth-order valence-electron chi connectivity index (χ4n) is 4.31. The number of aromatic nitrogens is 3. The minimum Gasteiger partial charge on any atom is -0.362 e. The molecule has 31 heavy (non-hydrogen) atoms. The van der Waals surface area contributed by atoms with Crippen molar-refractivity contribution in [2.75, 3.05) is 42.9 Å². The van der Waals surface area contributed by atoms with Gasteiger partial charge in [-0.3, -0.25) is 0 Å². The minimum absolute atomic E-state index is 0.112. The molecule has 0 saturated carbocycles. The third-order valence-electron chi connectivity index (χ3n) is 6.47. The van der Waals surface area contributed by atoms with Crippen LogP contribution in [0.15, 0.2) is 24.4 Å². The quantitative estimate of drug-likeness (QED) is 0.658. The topological polar surface area (TPSA) is 57.2 Å². The molecule has 1 aliphatic rings. The van der Waals surface area contributed by atoms with Gasteiger partial charge in [0.2, 0.25) is 0 Å². The zero-order valence-electron chi connectivity index (χ0n) is 19.0. The van der Waals surface area contributed by atoms with Crippen LogP contribution in [0, 0.1) is 26.6 Å². The van der Waals surface area contributed by atoms with Gasteiger partial charge in [0, 0.05) is 43.1 Å². The van der Waals surface area contributed by atoms with Gasteiger partial charge in [-0.1, -0.05) is 6.92 Å². The van der Waals surface area contributed by atoms with Gasteiger partial charge in [0.05, 0.1) is 11.7 Å². The van der Waals surface area contributed by atoms with E-state index in [4.69, 9.17) is 4.98 Å². The summed E-state index contributed by atoms with van der Waals surface area (Å²) in [6, 6.07) is 5.17. The molecule has 1 saturated heterocycles. The van der Waals surface area contributed by atoms with Crippen molar-refractivity contribution in [2.45, 2.75) is 40.7 Å². The maximum absolute atomic E-state index is 14.1. The molecule has 2 aromatic heterocycles. The van der Waals surface area contributed by atoms with Crippen molar-refractivity contribution < 1.29 is 4.39 Å². The first-order valence-electron chi connectivity index (χ1n) is 11.0. The SMILES string of the molecule is CCN1CCN(c2cc3c(N[C@H](C)c4cc(F)cc(C)c4C)nnc(C)c3cn2)CC1. The first-order valence-corrected chi connectivity index (χ1v) is 11.0. The smallest absolute Gasteiger partial charge is 0.157 e. The van der Waals surface area contributed by atoms with Gasteiger partial charge in [-0.25, -0.2) is 9.37 Å². The Morgan fingerprint density at radius 3 is 2.48 bits per heavy atom. The molecule has 7 heteroatoms. The van der Waals surface area contributed by atoms with Gasteiger partial charge in [-0.15, -0.1) is 5.10 Å². The highest BCUT2D eigenvalue weighted by molar-refractivity contribution is 5.94. The summed E-state index contributed by atoms with van der Waals surface area (Å²) in [5.41, 5.74) is 3.81. The lowest BCUT2D eigenvalue weighted by molar-refractivity contribution is 0.270. The Morgan fingerprint density at radius 2 is 1.77 bits per heavy atom. The Kier molecular flexibility index (Phi) is 6.05. The van der Waals surface area contributed by atoms with Gasteiger partial charge in [0.15, 0.2) is 5.82 Å². The lowest BCUT2D eigenvalue weighted by atomic mass is 9.98. The number of benzene rings is 1. The van der Waals surface area contributed by atoms with Crippen LogP contribution in [0.25, 0.3) is 10.8 Å². The standard InChI is InChI=1S/C24H31FN6/c1-6-30-7-9-31(10-8-30)23-13-21-22(14-26-23)18(5)28-29-24(21)27-17(4)20-12-19(25)11-15(2)16(20)3/h11-14,17H,6-10H2,1-5H3,(H,27,29)/t17-/m1/s1. The second kappa shape index (κ2) is 8.75. The molecule has 0 amide bonds. The molecule has 1 fully saturated rings. The molecule has 0 radical (unpaired) electrons. The maximum Gasteiger partial charge on any atom is 0.157 e. The monoisotopic (exact) mass is 422 g/mol. The number of nitrogens with one attached hydrogen (secondary N) is 1. The van der Waals surface area contributed by atoms with Gasteiger partial charge in [0.25, 0.3) is 0 Å². The molecule has 164 valence electrons. The summed E-state index contributed by atoms with van der Waals surface area (Å²) in [5, 5.41) is 14.2. The van der Waals surface area contributed by atoms with Crippen LogP contribution in [0.4, 0.5) is 16.0 Å². The fourth-order valence-corrected chi connectivity index (χ4v) is 4.31. The Morgan fingerprint density at radius 1 is 1.03 bits per heavy atom. The van der Waals surface area contributed by atoms with Crippen LogP contribution in [0.3, 0.4) is 0 Å². The molecule has 0 aliphatic carbocycles. The van der Waals surface area contributed by atoms with Crippen molar-refractivity contribution >= 4 is 22.4 Å². The van der Waals surface area contributed by atoms with E-state index in [0.29, 0.717) is 5.82 Å². The first kappa shape index (κ1) is 21.4. The second-order valence-electron chi connectivity index (χ2n) is 8.45. The number of hydrogen-bond donors (Lipinski definition) is 1. The summed E-state index contributed by atoms with van der Waals surface area (Å²) in [4.78, 5) is 9.50. The number of hydrogen-bond acceptors (Lipinski definition) is 6. The van der Waals surface area contributed by atoms with E-state index in [9.17, 15) is 4.39 Å². The molecule has 3 heterocycles. The highest BCUT2D eigenvalue weighted by atomic mass is 19.1. The zero-order valence-corrected chi connectivity index (χ0v) is 19.0. The van der Waals surface area contributed by atoms with Gasteiger partial charge in [-0.2, -0.15) is 5.10 Å². The number of halogens is 1. The number of piperazine rings is 1. The van der Waals surface area contributed by atoms with E-state index < -0.39 is 0 Å². The molecule has 6 nitrogen and oxygen atoms in total. The third kappa shape index (κ3) is 4.32. The van der Waals surface area contributed by atoms with Crippen LogP contribution in [0.2, 0.25) is 0 Å². The van der Waals surface area contributed by atoms with Crippen molar-refractivity contribution in [3.8, 4) is 0 Å². The molecule has 1 atom stereocenters. The van der Waals surface area contributed by atoms with E-state index in [1.807, 2.05) is 33.9 Å². The first-order chi connectivity index (χ1) is 14.9. The van der Waals surface area contributed by atoms with Crippen LogP contribution in [-0.4, -0.2) is 52.8 Å². The average molecular weight is 423 g/mol. The second-order valence-corrected chi connectivity index (χ2v) is 8.45. The van der Waals surface area contributed by atoms with E-state index >= 15 is 0 Å². The molecule has 4 rings (SSSR count). The van der Waals surface area contributed by atoms with Gasteiger partial charge in [-0.05, 0) is 69.1 Å². The molecule has 3 aromatic rings. The van der Waals surface area contributed by atoms with Crippen LogP contribution < -0.4 is 10.2 Å². The molecule has 0 bridgehead atoms. The molecular weight excluding hydrogens is 391 g/mol. The summed E-state index contributed by atoms with van der Waals surface area (Å²) >= 11 is 0. The van der Waals surface area contributed by atoms with Crippen molar-refractivity contribution in [1.82, 2.24) is 20.1 Å². The van der Waals surface area contributed by atoms with E-state index in [1.165, 1.54) is 0 Å². The fraction of sp³-hybridized carbons (Fsp3) is 0.458. The largest absolute Gasteiger partial charge is 0.362 e. The molecule has 0 unspecified atom stereocenters. The Hall–Kier alpha value is -2.80. The molecule has 1 aliphatic heterocycles. The predicted octanol–water partition coefficient (Wildman–Crippen LogP) is 4.40. The molecular formula is C24H31FN6. The van der Waals surface area contributed by atoms with E-state index in [0.717, 1.165) is 71.7 Å². The van der Waals surface area contributed by atoms with E-state index in [1.54, 1.807) is 12.1 Å². The summed E-state index contributed by atoms with van der Waals surface area (Å²) in [7, 11) is 0. The van der Waals surface area contributed by atoms with Crippen LogP contribution >= 0.6 is 0 Å². The molecule has 0 spiro atoms. The Labute approximate surface area is 183 Å². The number of anilines is 2. The predicted molar refractivity (Wildman–Crippen MR) is 124 cm³/mol. The number of fused-ring (bicyclic) bond motifs is 1. The zero-order chi connectivity index (χ0) is 22.1. The van der Waals surface area contributed by atoms with Gasteiger partial charge < -0.3 is 15.1 Å². The Bertz CT molecular complexity index is 1090. The van der Waals surface area contributed by atoms with Gasteiger partial charge >= 0.3 is 0 Å². The maximum atomic E-state index is 14.1. The average Bonchev–Trinajstić information content (AvgIpc) is 2.78. The van der Waals surface area contributed by atoms with Gasteiger partial charge in [0.1, 0.15) is 11.6 Å². The number of pyridine rings is 1. The Balaban J connectivity index is 1.67. The summed E-state index contributed by atoms with van der Waals surface area (Å²) in [6.07, 6.45) is 1.90. The lowest BCUT2D eigenvalue weighted by Gasteiger charge is -2.34. The molecule has 1 aromatic carbocycles. The van der Waals surface area contributed by atoms with Crippen molar-refractivity contribution in [3.05, 3.63) is 52.6 Å². The van der Waals surface area contributed by atoms with E-state index in [-0.39, 0.29) is 11.9 Å². The van der Waals surface area contributed by atoms with Crippen LogP contribution in [-0.2, 0) is 0 Å². The van der Waals surface area contributed by atoms with Crippen molar-refractivity contribution in [2.24, 2.45) is 0 Å². The lowest BCUT2D eigenvalue weighted by Crippen LogP contribution is -2.46. The summed E-state index contributed by atoms with van der Waals surface area (Å²) < 4.78 is 14.1. The number of likely N-dealkylation sites (N-methyl/N-ethyl adjacent to an activating group) is 1. The van der Waals surface area contributed by atoms with E-state index in [2.05, 4.69) is 38.3 Å². The minimum atomic E-state index is -0.218. The van der Waals surface area contributed by atoms with Crippen molar-refractivity contribution in [1.29, 1.82) is 0 Å². The number of nitrogens with zero attached hydrogens (tertiary/aromatic N) is 5. The van der Waals surface area contributed by atoms with Crippen LogP contribution in [0.5, 0.6) is 0 Å². The van der Waals surface area contributed by atoms with Crippen molar-refractivity contribution in [3.63, 3.8) is 0 Å². The highest BCUT2D eigenvalue weighted by Gasteiger charge is 2.19. The summed E-state index contributed by atoms with van der Waals surface area (Å²) in [5.74, 6) is 1.44. The number of aryl methyl sites for hydroxylation is 2. The third-order valence-corrected chi connectivity index (χ3v) is 6.47. The number of rotatable bonds is 5. The highest BCUT2D eigenvalue weighted by Crippen LogP contribution is 2.30. The molecule has 1 N–H and O–H groups in total. The van der Waals surface area contributed by atoms with Crippen LogP contribution in [0.1, 0.15) is 42.3 Å². The summed E-state index contributed by atoms with van der Waals surface area (Å²) in [6.45, 7) is 15.2. The normalized spacial score (nSPS) is 16.0.